The lowest BCUT2D eigenvalue weighted by molar-refractivity contribution is 0.0611. The minimum Gasteiger partial charge on any atom is -0.357 e. The number of nitrogens with one attached hydrogen (secondary N) is 1. The molecule has 7 heteroatoms. The van der Waals surface area contributed by atoms with Crippen LogP contribution in [-0.4, -0.2) is 44.3 Å². The molecule has 138 valence electrons. The van der Waals surface area contributed by atoms with Crippen LogP contribution in [0.2, 0.25) is 0 Å². The molecule has 3 aromatic rings. The smallest absolute Gasteiger partial charge is 0.274 e. The number of aryl methyl sites for hydroxylation is 1. The van der Waals surface area contributed by atoms with E-state index in [1.165, 1.54) is 0 Å². The average Bonchev–Trinajstić information content (AvgIpc) is 3.32. The van der Waals surface area contributed by atoms with Gasteiger partial charge in [-0.05, 0) is 43.5 Å². The van der Waals surface area contributed by atoms with Gasteiger partial charge in [-0.25, -0.2) is 0 Å². The molecule has 6 nitrogen and oxygen atoms in total. The van der Waals surface area contributed by atoms with Crippen LogP contribution < -0.4 is 0 Å². The molecule has 5 rings (SSSR count). The van der Waals surface area contributed by atoms with Crippen molar-refractivity contribution in [3.05, 3.63) is 53.5 Å². The van der Waals surface area contributed by atoms with Crippen LogP contribution in [0.25, 0.3) is 11.6 Å². The largest absolute Gasteiger partial charge is 0.357 e. The number of aromatic amines is 1. The van der Waals surface area contributed by atoms with Gasteiger partial charge in [-0.15, -0.1) is 11.8 Å². The quantitative estimate of drug-likeness (QED) is 0.730. The maximum absolute atomic E-state index is 13.1. The zero-order valence-corrected chi connectivity index (χ0v) is 15.8. The van der Waals surface area contributed by atoms with Crippen molar-refractivity contribution in [3.63, 3.8) is 0 Å². The first kappa shape index (κ1) is 16.6. The summed E-state index contributed by atoms with van der Waals surface area (Å²) in [6.07, 6.45) is 3.84. The van der Waals surface area contributed by atoms with Crippen LogP contribution in [0, 0.1) is 6.92 Å². The summed E-state index contributed by atoms with van der Waals surface area (Å²) >= 11 is 1.78. The summed E-state index contributed by atoms with van der Waals surface area (Å²) in [5.74, 6) is 2.36. The SMILES string of the molecule is Cc1c[nH]c(-c2nc(C3CCC4CSc5ccccc5C(=O)N4C3)no2)c1. The highest BCUT2D eigenvalue weighted by molar-refractivity contribution is 7.99. The Balaban J connectivity index is 1.40. The maximum atomic E-state index is 13.1. The molecule has 4 heterocycles. The van der Waals surface area contributed by atoms with Crippen molar-refractivity contribution >= 4 is 17.7 Å². The van der Waals surface area contributed by atoms with Crippen molar-refractivity contribution in [2.24, 2.45) is 0 Å². The highest BCUT2D eigenvalue weighted by atomic mass is 32.2. The Morgan fingerprint density at radius 1 is 1.30 bits per heavy atom. The van der Waals surface area contributed by atoms with Crippen molar-refractivity contribution in [2.75, 3.05) is 12.3 Å². The van der Waals surface area contributed by atoms with E-state index in [0.717, 1.165) is 40.3 Å². The number of thioether (sulfide) groups is 1. The highest BCUT2D eigenvalue weighted by Crippen LogP contribution is 2.37. The first-order valence-electron chi connectivity index (χ1n) is 9.21. The van der Waals surface area contributed by atoms with E-state index in [1.807, 2.05) is 48.4 Å². The lowest BCUT2D eigenvalue weighted by atomic mass is 9.92. The van der Waals surface area contributed by atoms with Crippen LogP contribution in [-0.2, 0) is 0 Å². The molecule has 0 saturated carbocycles. The fourth-order valence-corrected chi connectivity index (χ4v) is 5.11. The minimum atomic E-state index is 0.106. The van der Waals surface area contributed by atoms with Crippen molar-refractivity contribution in [1.29, 1.82) is 0 Å². The van der Waals surface area contributed by atoms with Gasteiger partial charge in [0.2, 0.25) is 0 Å². The van der Waals surface area contributed by atoms with E-state index in [-0.39, 0.29) is 17.9 Å². The fraction of sp³-hybridized carbons (Fsp3) is 0.350. The first-order valence-corrected chi connectivity index (χ1v) is 10.2. The van der Waals surface area contributed by atoms with E-state index in [1.54, 1.807) is 11.8 Å². The molecule has 0 bridgehead atoms. The van der Waals surface area contributed by atoms with Crippen LogP contribution in [0.15, 0.2) is 45.9 Å². The number of hydrogen-bond acceptors (Lipinski definition) is 5. The van der Waals surface area contributed by atoms with Crippen molar-refractivity contribution in [1.82, 2.24) is 20.0 Å². The van der Waals surface area contributed by atoms with Gasteiger partial charge >= 0.3 is 0 Å². The molecule has 1 aromatic carbocycles. The van der Waals surface area contributed by atoms with E-state index in [9.17, 15) is 4.79 Å². The minimum absolute atomic E-state index is 0.106. The molecule has 0 aliphatic carbocycles. The number of carbonyl (C=O) groups excluding carboxylic acids is 1. The van der Waals surface area contributed by atoms with Crippen LogP contribution in [0.5, 0.6) is 0 Å². The number of aromatic nitrogens is 3. The number of amides is 1. The molecule has 1 amide bonds. The first-order chi connectivity index (χ1) is 13.2. The van der Waals surface area contributed by atoms with Crippen molar-refractivity contribution in [2.45, 2.75) is 36.6 Å². The van der Waals surface area contributed by atoms with Gasteiger partial charge in [0.1, 0.15) is 5.69 Å². The summed E-state index contributed by atoms with van der Waals surface area (Å²) in [5.41, 5.74) is 2.76. The fourth-order valence-electron chi connectivity index (χ4n) is 3.91. The van der Waals surface area contributed by atoms with E-state index in [2.05, 4.69) is 15.1 Å². The zero-order chi connectivity index (χ0) is 18.4. The van der Waals surface area contributed by atoms with E-state index in [0.29, 0.717) is 18.3 Å². The van der Waals surface area contributed by atoms with Gasteiger partial charge in [-0.3, -0.25) is 4.79 Å². The molecule has 2 aliphatic heterocycles. The molecule has 27 heavy (non-hydrogen) atoms. The zero-order valence-electron chi connectivity index (χ0n) is 15.0. The van der Waals surface area contributed by atoms with E-state index in [4.69, 9.17) is 4.52 Å². The number of fused-ring (bicyclic) bond motifs is 2. The molecular weight excluding hydrogens is 360 g/mol. The molecular formula is C20H20N4O2S. The maximum Gasteiger partial charge on any atom is 0.274 e. The number of carbonyl (C=O) groups is 1. The molecule has 0 spiro atoms. The van der Waals surface area contributed by atoms with Crippen LogP contribution >= 0.6 is 11.8 Å². The highest BCUT2D eigenvalue weighted by Gasteiger charge is 2.37. The molecule has 0 radical (unpaired) electrons. The van der Waals surface area contributed by atoms with Gasteiger partial charge in [0.05, 0.1) is 5.56 Å². The number of H-pyrrole nitrogens is 1. The Labute approximate surface area is 161 Å². The Hall–Kier alpha value is -2.54. The number of nitrogens with zero attached hydrogens (tertiary/aromatic N) is 3. The number of hydrogen-bond donors (Lipinski definition) is 1. The summed E-state index contributed by atoms with van der Waals surface area (Å²) in [5, 5.41) is 4.21. The summed E-state index contributed by atoms with van der Waals surface area (Å²) in [6, 6.07) is 10.1. The molecule has 1 saturated heterocycles. The second kappa shape index (κ2) is 6.56. The Morgan fingerprint density at radius 2 is 2.19 bits per heavy atom. The van der Waals surface area contributed by atoms with Gasteiger partial charge in [0, 0.05) is 35.3 Å². The molecule has 1 N–H and O–H groups in total. The normalized spacial score (nSPS) is 22.3. The number of benzene rings is 1. The second-order valence-electron chi connectivity index (χ2n) is 7.24. The second-order valence-corrected chi connectivity index (χ2v) is 8.30. The average molecular weight is 380 g/mol. The van der Waals surface area contributed by atoms with Gasteiger partial charge in [-0.2, -0.15) is 4.98 Å². The third kappa shape index (κ3) is 2.96. The molecule has 2 aliphatic rings. The van der Waals surface area contributed by atoms with E-state index >= 15 is 0 Å². The third-order valence-corrected chi connectivity index (χ3v) is 6.60. The standard InChI is InChI=1S/C20H20N4O2S/c1-12-8-16(21-9-12)19-22-18(23-26-19)13-6-7-14-11-27-17-5-3-2-4-15(17)20(25)24(14)10-13/h2-5,8-9,13-14,21H,6-7,10-11H2,1H3. The summed E-state index contributed by atoms with van der Waals surface area (Å²) in [4.78, 5) is 24.0. The lowest BCUT2D eigenvalue weighted by Gasteiger charge is -2.37. The van der Waals surface area contributed by atoms with Crippen molar-refractivity contribution in [3.8, 4) is 11.6 Å². The summed E-state index contributed by atoms with van der Waals surface area (Å²) < 4.78 is 5.46. The molecule has 2 unspecified atom stereocenters. The topological polar surface area (TPSA) is 75.0 Å². The summed E-state index contributed by atoms with van der Waals surface area (Å²) in [7, 11) is 0. The Kier molecular flexibility index (Phi) is 4.04. The molecule has 1 fully saturated rings. The Morgan fingerprint density at radius 3 is 3.04 bits per heavy atom. The third-order valence-electron chi connectivity index (χ3n) is 5.38. The Bertz CT molecular complexity index is 995. The van der Waals surface area contributed by atoms with Gasteiger partial charge in [-0.1, -0.05) is 17.3 Å². The monoisotopic (exact) mass is 380 g/mol. The number of piperidine rings is 1. The van der Waals surface area contributed by atoms with Crippen molar-refractivity contribution < 1.29 is 9.32 Å². The van der Waals surface area contributed by atoms with Gasteiger partial charge < -0.3 is 14.4 Å². The summed E-state index contributed by atoms with van der Waals surface area (Å²) in [6.45, 7) is 2.65. The predicted octanol–water partition coefficient (Wildman–Crippen LogP) is 3.87. The van der Waals surface area contributed by atoms with E-state index < -0.39 is 0 Å². The van der Waals surface area contributed by atoms with Crippen LogP contribution in [0.3, 0.4) is 0 Å². The molecule has 2 atom stereocenters. The van der Waals surface area contributed by atoms with Gasteiger partial charge in [0.15, 0.2) is 5.82 Å². The van der Waals surface area contributed by atoms with Crippen LogP contribution in [0.1, 0.15) is 40.5 Å². The lowest BCUT2D eigenvalue weighted by Crippen LogP contribution is -2.46. The number of rotatable bonds is 2. The molecule has 2 aromatic heterocycles. The predicted molar refractivity (Wildman–Crippen MR) is 103 cm³/mol. The van der Waals surface area contributed by atoms with Crippen LogP contribution in [0.4, 0.5) is 0 Å². The van der Waals surface area contributed by atoms with Gasteiger partial charge in [0.25, 0.3) is 11.8 Å².